The lowest BCUT2D eigenvalue weighted by Gasteiger charge is -2.12. The fourth-order valence-electron chi connectivity index (χ4n) is 3.51. The van der Waals surface area contributed by atoms with E-state index in [1.807, 2.05) is 0 Å². The number of benzene rings is 2. The number of carboxylic acids is 1. The Morgan fingerprint density at radius 3 is 2.71 bits per heavy atom. The van der Waals surface area contributed by atoms with E-state index >= 15 is 0 Å². The van der Waals surface area contributed by atoms with E-state index in [9.17, 15) is 18.0 Å². The Kier molecular flexibility index (Phi) is 5.15. The number of hydrogen-bond donors (Lipinski definition) is 4. The average Bonchev–Trinajstić information content (AvgIpc) is 3.17. The number of para-hydroxylation sites is 2. The van der Waals surface area contributed by atoms with E-state index in [0.29, 0.717) is 33.3 Å². The van der Waals surface area contributed by atoms with Gasteiger partial charge in [0.05, 0.1) is 17.7 Å². The summed E-state index contributed by atoms with van der Waals surface area (Å²) in [5.41, 5.74) is 1.26. The molecule has 10 heteroatoms. The number of carbonyl (C=O) groups is 1. The van der Waals surface area contributed by atoms with Gasteiger partial charge in [0.15, 0.2) is 0 Å². The standard InChI is InChI=1S/C21H19N3O6S/c1-30-17-5-3-2-4-16(17)24-31(28,29)13-7-8-15-14(10-13)19-12(6-9-18(25)26)11-22-20(19)21(27)23-15/h2-5,7-8,10-11,22,24H,6,9H2,1H3,(H,23,27)(H,25,26). The number of aliphatic carboxylic acids is 1. The molecular formula is C21H19N3O6S. The highest BCUT2D eigenvalue weighted by Gasteiger charge is 2.19. The topological polar surface area (TPSA) is 141 Å². The normalized spacial score (nSPS) is 11.6. The predicted octanol–water partition coefficient (Wildman–Crippen LogP) is 2.84. The number of methoxy groups -OCH3 is 1. The lowest BCUT2D eigenvalue weighted by atomic mass is 10.0. The van der Waals surface area contributed by atoms with E-state index in [-0.39, 0.29) is 28.8 Å². The molecule has 0 saturated heterocycles. The Hall–Kier alpha value is -3.79. The molecule has 0 aliphatic rings. The first-order valence-electron chi connectivity index (χ1n) is 9.34. The first kappa shape index (κ1) is 20.5. The predicted molar refractivity (Wildman–Crippen MR) is 116 cm³/mol. The molecule has 4 aromatic rings. The van der Waals surface area contributed by atoms with Crippen LogP contribution in [-0.2, 0) is 21.2 Å². The first-order chi connectivity index (χ1) is 14.8. The second-order valence-electron chi connectivity index (χ2n) is 6.92. The molecule has 0 atom stereocenters. The first-order valence-corrected chi connectivity index (χ1v) is 10.8. The van der Waals surface area contributed by atoms with Crippen LogP contribution in [0.15, 0.2) is 58.4 Å². The van der Waals surface area contributed by atoms with Crippen molar-refractivity contribution in [2.24, 2.45) is 0 Å². The molecule has 31 heavy (non-hydrogen) atoms. The number of fused-ring (bicyclic) bond motifs is 3. The van der Waals surface area contributed by atoms with Gasteiger partial charge in [0.25, 0.3) is 15.6 Å². The third kappa shape index (κ3) is 3.84. The van der Waals surface area contributed by atoms with Gasteiger partial charge >= 0.3 is 5.97 Å². The Bertz CT molecular complexity index is 1470. The number of rotatable bonds is 7. The van der Waals surface area contributed by atoms with Crippen LogP contribution in [0.3, 0.4) is 0 Å². The molecule has 0 spiro atoms. The molecule has 4 rings (SSSR count). The highest BCUT2D eigenvalue weighted by Crippen LogP contribution is 2.30. The van der Waals surface area contributed by atoms with Crippen LogP contribution in [0.2, 0.25) is 0 Å². The lowest BCUT2D eigenvalue weighted by molar-refractivity contribution is -0.136. The molecule has 0 unspecified atom stereocenters. The van der Waals surface area contributed by atoms with Crippen LogP contribution in [-0.4, -0.2) is 36.6 Å². The van der Waals surface area contributed by atoms with E-state index in [1.165, 1.54) is 25.3 Å². The van der Waals surface area contributed by atoms with Gasteiger partial charge in [0, 0.05) is 28.9 Å². The minimum Gasteiger partial charge on any atom is -0.495 e. The number of carboxylic acid groups (broad SMARTS) is 1. The molecule has 0 aliphatic carbocycles. The summed E-state index contributed by atoms with van der Waals surface area (Å²) < 4.78 is 33.8. The Balaban J connectivity index is 1.85. The van der Waals surface area contributed by atoms with Crippen molar-refractivity contribution in [3.05, 3.63) is 64.6 Å². The Labute approximate surface area is 176 Å². The number of anilines is 1. The van der Waals surface area contributed by atoms with Gasteiger partial charge in [-0.1, -0.05) is 12.1 Å². The molecule has 0 saturated carbocycles. The van der Waals surface area contributed by atoms with Gasteiger partial charge in [0.1, 0.15) is 11.3 Å². The number of nitrogens with one attached hydrogen (secondary N) is 3. The molecule has 0 amide bonds. The third-order valence-electron chi connectivity index (χ3n) is 4.97. The fraction of sp³-hybridized carbons (Fsp3) is 0.143. The van der Waals surface area contributed by atoms with E-state index in [0.717, 1.165) is 0 Å². The number of aromatic amines is 2. The van der Waals surface area contributed by atoms with Gasteiger partial charge < -0.3 is 19.8 Å². The summed E-state index contributed by atoms with van der Waals surface area (Å²) in [6.07, 6.45) is 1.66. The highest BCUT2D eigenvalue weighted by atomic mass is 32.2. The zero-order valence-corrected chi connectivity index (χ0v) is 17.2. The van der Waals surface area contributed by atoms with Crippen molar-refractivity contribution in [2.45, 2.75) is 17.7 Å². The minimum atomic E-state index is -3.96. The monoisotopic (exact) mass is 441 g/mol. The minimum absolute atomic E-state index is 0.00959. The zero-order chi connectivity index (χ0) is 22.2. The van der Waals surface area contributed by atoms with Gasteiger partial charge in [-0.15, -0.1) is 0 Å². The van der Waals surface area contributed by atoms with Gasteiger partial charge in [0.2, 0.25) is 0 Å². The number of H-pyrrole nitrogens is 2. The van der Waals surface area contributed by atoms with Crippen molar-refractivity contribution >= 4 is 43.5 Å². The van der Waals surface area contributed by atoms with Gasteiger partial charge in [-0.25, -0.2) is 8.42 Å². The molecule has 9 nitrogen and oxygen atoms in total. The van der Waals surface area contributed by atoms with Crippen LogP contribution in [0.5, 0.6) is 5.75 Å². The number of pyridine rings is 1. The summed E-state index contributed by atoms with van der Waals surface area (Å²) in [5.74, 6) is -0.590. The van der Waals surface area contributed by atoms with E-state index < -0.39 is 16.0 Å². The molecular weight excluding hydrogens is 422 g/mol. The quantitative estimate of drug-likeness (QED) is 0.347. The van der Waals surface area contributed by atoms with Gasteiger partial charge in [-0.2, -0.15) is 0 Å². The molecule has 0 fully saturated rings. The van der Waals surface area contributed by atoms with Gasteiger partial charge in [-0.05, 0) is 42.3 Å². The Morgan fingerprint density at radius 2 is 1.97 bits per heavy atom. The molecule has 2 aromatic carbocycles. The largest absolute Gasteiger partial charge is 0.495 e. The zero-order valence-electron chi connectivity index (χ0n) is 16.4. The van der Waals surface area contributed by atoms with Crippen LogP contribution in [0.4, 0.5) is 5.69 Å². The van der Waals surface area contributed by atoms with Crippen molar-refractivity contribution in [2.75, 3.05) is 11.8 Å². The van der Waals surface area contributed by atoms with Crippen molar-refractivity contribution in [3.8, 4) is 5.75 Å². The molecule has 0 bridgehead atoms. The van der Waals surface area contributed by atoms with E-state index in [4.69, 9.17) is 9.84 Å². The maximum absolute atomic E-state index is 13.0. The molecule has 2 aromatic heterocycles. The summed E-state index contributed by atoms with van der Waals surface area (Å²) in [5, 5.41) is 10.0. The fourth-order valence-corrected chi connectivity index (χ4v) is 4.61. The molecule has 160 valence electrons. The SMILES string of the molecule is COc1ccccc1NS(=O)(=O)c1ccc2[nH]c(=O)c3[nH]cc(CCC(=O)O)c3c2c1. The summed E-state index contributed by atoms with van der Waals surface area (Å²) in [6, 6.07) is 11.0. The van der Waals surface area contributed by atoms with Crippen molar-refractivity contribution in [1.29, 1.82) is 0 Å². The number of aryl methyl sites for hydroxylation is 1. The highest BCUT2D eigenvalue weighted by molar-refractivity contribution is 7.92. The summed E-state index contributed by atoms with van der Waals surface area (Å²) >= 11 is 0. The Morgan fingerprint density at radius 1 is 1.19 bits per heavy atom. The molecule has 4 N–H and O–H groups in total. The third-order valence-corrected chi connectivity index (χ3v) is 6.33. The molecule has 2 heterocycles. The van der Waals surface area contributed by atoms with Crippen LogP contribution in [0.25, 0.3) is 21.8 Å². The number of hydrogen-bond acceptors (Lipinski definition) is 5. The summed E-state index contributed by atoms with van der Waals surface area (Å²) in [7, 11) is -2.52. The molecule has 0 aliphatic heterocycles. The van der Waals surface area contributed by atoms with Crippen molar-refractivity contribution < 1.29 is 23.1 Å². The second kappa shape index (κ2) is 7.80. The number of ether oxygens (including phenoxy) is 1. The summed E-state index contributed by atoms with van der Waals surface area (Å²) in [6.45, 7) is 0. The maximum atomic E-state index is 13.0. The second-order valence-corrected chi connectivity index (χ2v) is 8.61. The van der Waals surface area contributed by atoms with E-state index in [1.54, 1.807) is 30.5 Å². The smallest absolute Gasteiger partial charge is 0.303 e. The van der Waals surface area contributed by atoms with Crippen molar-refractivity contribution in [1.82, 2.24) is 9.97 Å². The van der Waals surface area contributed by atoms with Crippen LogP contribution >= 0.6 is 0 Å². The van der Waals surface area contributed by atoms with Gasteiger partial charge in [-0.3, -0.25) is 14.3 Å². The van der Waals surface area contributed by atoms with Crippen LogP contribution in [0.1, 0.15) is 12.0 Å². The number of aromatic nitrogens is 2. The van der Waals surface area contributed by atoms with Crippen LogP contribution < -0.4 is 15.0 Å². The summed E-state index contributed by atoms with van der Waals surface area (Å²) in [4.78, 5) is 29.0. The molecule has 0 radical (unpaired) electrons. The number of sulfonamides is 1. The van der Waals surface area contributed by atoms with E-state index in [2.05, 4.69) is 14.7 Å². The average molecular weight is 441 g/mol. The van der Waals surface area contributed by atoms with Crippen molar-refractivity contribution in [3.63, 3.8) is 0 Å². The van der Waals surface area contributed by atoms with Crippen LogP contribution in [0, 0.1) is 0 Å². The lowest BCUT2D eigenvalue weighted by Crippen LogP contribution is -2.14. The maximum Gasteiger partial charge on any atom is 0.303 e.